The lowest BCUT2D eigenvalue weighted by atomic mass is 9.80. The van der Waals surface area contributed by atoms with Gasteiger partial charge in [0, 0.05) is 11.8 Å². The molecular weight excluding hydrogens is 692 g/mol. The molecule has 2 heterocycles. The normalized spacial score (nSPS) is 24.0. The van der Waals surface area contributed by atoms with Crippen LogP contribution in [0.1, 0.15) is 122 Å². The summed E-state index contributed by atoms with van der Waals surface area (Å²) < 4.78 is 79.1. The highest BCUT2D eigenvalue weighted by atomic mass is 19.2. The van der Waals surface area contributed by atoms with Gasteiger partial charge in [-0.3, -0.25) is 0 Å². The van der Waals surface area contributed by atoms with Gasteiger partial charge in [-0.1, -0.05) is 97.5 Å². The lowest BCUT2D eigenvalue weighted by molar-refractivity contribution is -0.209. The number of hydrogen-bond acceptors (Lipinski definition) is 4. The van der Waals surface area contributed by atoms with Crippen molar-refractivity contribution >= 4 is 0 Å². The largest absolute Gasteiger partial charge is 0.352 e. The van der Waals surface area contributed by atoms with Crippen molar-refractivity contribution in [2.45, 2.75) is 118 Å². The summed E-state index contributed by atoms with van der Waals surface area (Å²) in [5.41, 5.74) is 8.41. The molecule has 8 atom stereocenters. The summed E-state index contributed by atoms with van der Waals surface area (Å²) in [4.78, 5) is 0. The van der Waals surface area contributed by atoms with E-state index in [1.807, 2.05) is 13.8 Å². The van der Waals surface area contributed by atoms with Crippen molar-refractivity contribution in [3.8, 4) is 0 Å². The first-order valence-electron chi connectivity index (χ1n) is 19.4. The predicted molar refractivity (Wildman–Crippen MR) is 205 cm³/mol. The maximum absolute atomic E-state index is 13.9. The molecule has 292 valence electrons. The molecule has 2 aliphatic heterocycles. The zero-order valence-electron chi connectivity index (χ0n) is 32.9. The Morgan fingerprint density at radius 2 is 0.889 bits per heavy atom. The molecule has 6 rings (SSSR count). The molecule has 0 amide bonds. The van der Waals surface area contributed by atoms with E-state index in [2.05, 4.69) is 77.9 Å². The lowest BCUT2D eigenvalue weighted by Crippen LogP contribution is -2.37. The molecule has 2 fully saturated rings. The van der Waals surface area contributed by atoms with Crippen LogP contribution < -0.4 is 0 Å². The molecule has 0 radical (unpaired) electrons. The number of hydrogen-bond donors (Lipinski definition) is 0. The molecule has 8 heteroatoms. The fraction of sp³-hybridized carbons (Fsp3) is 0.478. The predicted octanol–water partition coefficient (Wildman–Crippen LogP) is 12.4. The summed E-state index contributed by atoms with van der Waals surface area (Å²) >= 11 is 0. The van der Waals surface area contributed by atoms with Crippen LogP contribution in [0.5, 0.6) is 0 Å². The number of aryl methyl sites for hydroxylation is 4. The molecule has 2 saturated heterocycles. The molecule has 0 bridgehead atoms. The van der Waals surface area contributed by atoms with Gasteiger partial charge in [0.25, 0.3) is 0 Å². The highest BCUT2D eigenvalue weighted by Crippen LogP contribution is 2.42. The van der Waals surface area contributed by atoms with E-state index in [4.69, 9.17) is 18.9 Å². The minimum Gasteiger partial charge on any atom is -0.352 e. The average molecular weight is 749 g/mol. The van der Waals surface area contributed by atoms with E-state index in [0.29, 0.717) is 25.0 Å². The topological polar surface area (TPSA) is 36.9 Å². The Bertz CT molecular complexity index is 1670. The third-order valence-corrected chi connectivity index (χ3v) is 11.0. The van der Waals surface area contributed by atoms with Crippen molar-refractivity contribution in [1.82, 2.24) is 0 Å². The molecule has 0 aliphatic carbocycles. The van der Waals surface area contributed by atoms with Crippen LogP contribution in [0.3, 0.4) is 0 Å². The fourth-order valence-corrected chi connectivity index (χ4v) is 8.19. The number of halogens is 4. The van der Waals surface area contributed by atoms with Gasteiger partial charge in [0.15, 0.2) is 35.8 Å². The second kappa shape index (κ2) is 18.9. The van der Waals surface area contributed by atoms with Gasteiger partial charge in [-0.05, 0) is 113 Å². The van der Waals surface area contributed by atoms with Crippen LogP contribution in [-0.2, 0) is 18.9 Å². The van der Waals surface area contributed by atoms with Crippen molar-refractivity contribution < 1.29 is 36.5 Å². The highest BCUT2D eigenvalue weighted by molar-refractivity contribution is 5.31. The molecule has 0 saturated carbocycles. The summed E-state index contributed by atoms with van der Waals surface area (Å²) in [7, 11) is 0. The minimum absolute atomic E-state index is 0.118. The minimum atomic E-state index is -0.829. The monoisotopic (exact) mass is 748 g/mol. The molecule has 0 unspecified atom stereocenters. The van der Waals surface area contributed by atoms with E-state index in [0.717, 1.165) is 47.9 Å². The standard InChI is InChI=1S/2C23H28F2O2/c2*1-5-17-8-9-26-23(22(17)18-6-7-20(24)21(25)13-18)27-16(4)19-11-14(2)10-15(3)12-19/h2*6-7,10-13,16-17,22-23H,5,8-9H2,1-4H3/t16-,17+,22+,23-;16-,17-,22-,23-/m11/s1. The van der Waals surface area contributed by atoms with Gasteiger partial charge in [-0.15, -0.1) is 0 Å². The van der Waals surface area contributed by atoms with E-state index in [9.17, 15) is 17.6 Å². The quantitative estimate of drug-likeness (QED) is 0.151. The summed E-state index contributed by atoms with van der Waals surface area (Å²) in [5, 5.41) is 0. The van der Waals surface area contributed by atoms with Gasteiger partial charge in [-0.2, -0.15) is 0 Å². The Hall–Kier alpha value is -3.56. The molecule has 0 spiro atoms. The third kappa shape index (κ3) is 10.4. The Morgan fingerprint density at radius 1 is 0.537 bits per heavy atom. The van der Waals surface area contributed by atoms with Crippen LogP contribution in [0.2, 0.25) is 0 Å². The Kier molecular flexibility index (Phi) is 14.5. The van der Waals surface area contributed by atoms with Gasteiger partial charge in [-0.25, -0.2) is 17.6 Å². The average Bonchev–Trinajstić information content (AvgIpc) is 3.13. The van der Waals surface area contributed by atoms with Crippen LogP contribution in [0.15, 0.2) is 72.8 Å². The van der Waals surface area contributed by atoms with Gasteiger partial charge in [0.2, 0.25) is 0 Å². The Balaban J connectivity index is 0.000000208. The first-order chi connectivity index (χ1) is 25.8. The summed E-state index contributed by atoms with van der Waals surface area (Å²) in [6.45, 7) is 17.8. The zero-order valence-corrected chi connectivity index (χ0v) is 32.9. The van der Waals surface area contributed by atoms with E-state index >= 15 is 0 Å². The van der Waals surface area contributed by atoms with Gasteiger partial charge in [0.05, 0.1) is 25.4 Å². The van der Waals surface area contributed by atoms with Crippen LogP contribution in [-0.4, -0.2) is 25.8 Å². The van der Waals surface area contributed by atoms with E-state index in [1.165, 1.54) is 46.5 Å². The van der Waals surface area contributed by atoms with Crippen molar-refractivity contribution in [3.05, 3.63) is 141 Å². The first kappa shape index (κ1) is 41.6. The maximum Gasteiger partial charge on any atom is 0.165 e. The van der Waals surface area contributed by atoms with E-state index in [-0.39, 0.29) is 24.0 Å². The summed E-state index contributed by atoms with van der Waals surface area (Å²) in [5.74, 6) is -2.93. The molecule has 4 aromatic carbocycles. The maximum atomic E-state index is 13.9. The van der Waals surface area contributed by atoms with Gasteiger partial charge < -0.3 is 18.9 Å². The first-order valence-corrected chi connectivity index (χ1v) is 19.4. The summed E-state index contributed by atoms with van der Waals surface area (Å²) in [6, 6.07) is 21.0. The Morgan fingerprint density at radius 3 is 1.20 bits per heavy atom. The van der Waals surface area contributed by atoms with Crippen LogP contribution in [0.4, 0.5) is 17.6 Å². The molecule has 0 N–H and O–H groups in total. The third-order valence-electron chi connectivity index (χ3n) is 11.0. The molecule has 2 aliphatic rings. The number of ether oxygens (including phenoxy) is 4. The summed E-state index contributed by atoms with van der Waals surface area (Å²) in [6.07, 6.45) is 2.37. The lowest BCUT2D eigenvalue weighted by Gasteiger charge is -2.39. The Labute approximate surface area is 319 Å². The molecule has 54 heavy (non-hydrogen) atoms. The second-order valence-corrected chi connectivity index (χ2v) is 15.2. The van der Waals surface area contributed by atoms with Crippen molar-refractivity contribution in [2.24, 2.45) is 11.8 Å². The second-order valence-electron chi connectivity index (χ2n) is 15.2. The van der Waals surface area contributed by atoms with Crippen molar-refractivity contribution in [3.63, 3.8) is 0 Å². The van der Waals surface area contributed by atoms with Crippen LogP contribution in [0, 0.1) is 62.8 Å². The molecular formula is C46H56F4O4. The number of rotatable bonds is 10. The van der Waals surface area contributed by atoms with Gasteiger partial charge >= 0.3 is 0 Å². The van der Waals surface area contributed by atoms with Gasteiger partial charge in [0.1, 0.15) is 0 Å². The number of benzene rings is 4. The molecule has 4 aromatic rings. The highest BCUT2D eigenvalue weighted by Gasteiger charge is 2.38. The van der Waals surface area contributed by atoms with E-state index in [1.54, 1.807) is 12.1 Å². The SMILES string of the molecule is CC[C@@H]1CCO[C@H](O[C@H](C)c2cc(C)cc(C)c2)[C@H]1c1ccc(F)c(F)c1.CC[C@H]1CCO[C@H](O[C@H](C)c2cc(C)cc(C)c2)[C@@H]1c1ccc(F)c(F)c1. The van der Waals surface area contributed by atoms with E-state index < -0.39 is 35.8 Å². The van der Waals surface area contributed by atoms with Crippen molar-refractivity contribution in [1.29, 1.82) is 0 Å². The zero-order chi connectivity index (χ0) is 39.1. The fourth-order valence-electron chi connectivity index (χ4n) is 8.19. The van der Waals surface area contributed by atoms with Crippen LogP contribution in [0.25, 0.3) is 0 Å². The van der Waals surface area contributed by atoms with Crippen molar-refractivity contribution in [2.75, 3.05) is 13.2 Å². The smallest absolute Gasteiger partial charge is 0.165 e. The van der Waals surface area contributed by atoms with Crippen LogP contribution >= 0.6 is 0 Å². The molecule has 4 nitrogen and oxygen atoms in total. The molecule has 0 aromatic heterocycles.